The molecular weight excluding hydrogens is 328 g/mol. The summed E-state index contributed by atoms with van der Waals surface area (Å²) in [7, 11) is -1.36. The fraction of sp³-hybridized carbons (Fsp3) is 0.625. The van der Waals surface area contributed by atoms with Gasteiger partial charge in [-0.1, -0.05) is 0 Å². The normalized spacial score (nSPS) is 22.5. The van der Waals surface area contributed by atoms with Crippen LogP contribution >= 0.6 is 0 Å². The van der Waals surface area contributed by atoms with Crippen LogP contribution in [0.3, 0.4) is 0 Å². The highest BCUT2D eigenvalue weighted by atomic mass is 32.2. The molecule has 132 valence electrons. The zero-order chi connectivity index (χ0) is 17.2. The highest BCUT2D eigenvalue weighted by Gasteiger charge is 2.47. The number of piperazine rings is 1. The van der Waals surface area contributed by atoms with Crippen LogP contribution in [0, 0.1) is 0 Å². The molecule has 0 bridgehead atoms. The van der Waals surface area contributed by atoms with Crippen LogP contribution in [0.1, 0.15) is 18.4 Å². The number of likely N-dealkylation sites (N-methyl/N-ethyl adjacent to an activating group) is 1. The van der Waals surface area contributed by atoms with Gasteiger partial charge in [-0.05, 0) is 44.0 Å². The van der Waals surface area contributed by atoms with Gasteiger partial charge in [0.15, 0.2) is 0 Å². The first-order chi connectivity index (χ1) is 11.4. The van der Waals surface area contributed by atoms with Gasteiger partial charge in [0.25, 0.3) is 0 Å². The fourth-order valence-electron chi connectivity index (χ4n) is 3.56. The molecule has 1 aromatic heterocycles. The molecule has 0 radical (unpaired) electrons. The van der Waals surface area contributed by atoms with E-state index in [1.165, 1.54) is 4.31 Å². The van der Waals surface area contributed by atoms with Gasteiger partial charge in [-0.15, -0.1) is 0 Å². The number of hydrogen-bond acceptors (Lipinski definition) is 5. The maximum Gasteiger partial charge on any atom is 0.240 e. The summed E-state index contributed by atoms with van der Waals surface area (Å²) in [5.74, 6) is 0.122. The molecule has 1 N–H and O–H groups in total. The first-order valence-corrected chi connectivity index (χ1v) is 9.91. The zero-order valence-electron chi connectivity index (χ0n) is 13.9. The largest absolute Gasteiger partial charge is 0.353 e. The third kappa shape index (κ3) is 3.31. The van der Waals surface area contributed by atoms with Gasteiger partial charge in [0, 0.05) is 38.6 Å². The van der Waals surface area contributed by atoms with E-state index >= 15 is 0 Å². The molecular formula is C16H24N4O3S. The summed E-state index contributed by atoms with van der Waals surface area (Å²) in [6.07, 6.45) is 4.91. The van der Waals surface area contributed by atoms with Crippen molar-refractivity contribution in [1.82, 2.24) is 19.5 Å². The number of amides is 1. The molecule has 2 aliphatic rings. The lowest BCUT2D eigenvalue weighted by molar-refractivity contribution is -0.139. The number of piperidine rings is 1. The standard InChI is InChI=1S/C16H24N4O3S/c1-19-12-9-18-15(21)16(19)5-10-20(11-6-16)24(22,23)13-4-14-2-7-17-8-3-14/h2-3,7-8H,4-6,9-13H2,1H3,(H,18,21). The van der Waals surface area contributed by atoms with Crippen molar-refractivity contribution in [3.05, 3.63) is 30.1 Å². The van der Waals surface area contributed by atoms with Crippen molar-refractivity contribution in [3.8, 4) is 0 Å². The highest BCUT2D eigenvalue weighted by molar-refractivity contribution is 7.89. The van der Waals surface area contributed by atoms with E-state index in [9.17, 15) is 13.2 Å². The van der Waals surface area contributed by atoms with E-state index in [1.807, 2.05) is 19.2 Å². The number of carbonyl (C=O) groups is 1. The predicted molar refractivity (Wildman–Crippen MR) is 90.9 cm³/mol. The minimum absolute atomic E-state index is 0.0325. The van der Waals surface area contributed by atoms with Gasteiger partial charge in [-0.2, -0.15) is 0 Å². The lowest BCUT2D eigenvalue weighted by Gasteiger charge is -2.48. The molecule has 3 heterocycles. The third-order valence-corrected chi connectivity index (χ3v) is 7.10. The molecule has 0 atom stereocenters. The van der Waals surface area contributed by atoms with E-state index < -0.39 is 15.6 Å². The Bertz CT molecular complexity index is 685. The van der Waals surface area contributed by atoms with Crippen molar-refractivity contribution < 1.29 is 13.2 Å². The SMILES string of the molecule is CN1CCNC(=O)C12CCN(S(=O)(=O)CCc1ccncc1)CC2. The number of pyridine rings is 1. The molecule has 2 aliphatic heterocycles. The van der Waals surface area contributed by atoms with E-state index in [1.54, 1.807) is 12.4 Å². The van der Waals surface area contributed by atoms with E-state index in [0.29, 0.717) is 38.9 Å². The Kier molecular flexibility index (Phi) is 4.89. The van der Waals surface area contributed by atoms with Crippen LogP contribution in [-0.4, -0.2) is 73.0 Å². The van der Waals surface area contributed by atoms with Crippen LogP contribution in [0.4, 0.5) is 0 Å². The number of aryl methyl sites for hydroxylation is 1. The van der Waals surface area contributed by atoms with Crippen LogP contribution in [0.2, 0.25) is 0 Å². The van der Waals surface area contributed by atoms with Gasteiger partial charge in [0.1, 0.15) is 5.54 Å². The number of carbonyl (C=O) groups excluding carboxylic acids is 1. The number of aromatic nitrogens is 1. The molecule has 0 aromatic carbocycles. The minimum Gasteiger partial charge on any atom is -0.353 e. The molecule has 24 heavy (non-hydrogen) atoms. The van der Waals surface area contributed by atoms with Gasteiger partial charge in [0.2, 0.25) is 15.9 Å². The summed E-state index contributed by atoms with van der Waals surface area (Å²) >= 11 is 0. The first-order valence-electron chi connectivity index (χ1n) is 8.30. The molecule has 2 saturated heterocycles. The Morgan fingerprint density at radius 3 is 2.50 bits per heavy atom. The van der Waals surface area contributed by atoms with Crippen LogP contribution in [0.15, 0.2) is 24.5 Å². The van der Waals surface area contributed by atoms with Crippen molar-refractivity contribution in [3.63, 3.8) is 0 Å². The Hall–Kier alpha value is -1.51. The quantitative estimate of drug-likeness (QED) is 0.815. The predicted octanol–water partition coefficient (Wildman–Crippen LogP) is -0.150. The molecule has 2 fully saturated rings. The summed E-state index contributed by atoms with van der Waals surface area (Å²) in [5, 5.41) is 2.92. The third-order valence-electron chi connectivity index (χ3n) is 5.23. The van der Waals surface area contributed by atoms with Crippen molar-refractivity contribution in [2.75, 3.05) is 39.0 Å². The van der Waals surface area contributed by atoms with Crippen LogP contribution < -0.4 is 5.32 Å². The van der Waals surface area contributed by atoms with Gasteiger partial charge in [-0.3, -0.25) is 14.7 Å². The number of sulfonamides is 1. The second-order valence-electron chi connectivity index (χ2n) is 6.53. The van der Waals surface area contributed by atoms with Crippen LogP contribution in [-0.2, 0) is 21.2 Å². The summed E-state index contributed by atoms with van der Waals surface area (Å²) in [4.78, 5) is 18.3. The molecule has 0 unspecified atom stereocenters. The van der Waals surface area contributed by atoms with Gasteiger partial charge >= 0.3 is 0 Å². The van der Waals surface area contributed by atoms with Crippen molar-refractivity contribution in [2.45, 2.75) is 24.8 Å². The number of nitrogens with one attached hydrogen (secondary N) is 1. The lowest BCUT2D eigenvalue weighted by Crippen LogP contribution is -2.67. The molecule has 3 rings (SSSR count). The summed E-state index contributed by atoms with van der Waals surface area (Å²) < 4.78 is 26.7. The molecule has 1 amide bonds. The molecule has 8 heteroatoms. The smallest absolute Gasteiger partial charge is 0.240 e. The molecule has 0 aliphatic carbocycles. The lowest BCUT2D eigenvalue weighted by atomic mass is 9.84. The van der Waals surface area contributed by atoms with Crippen LogP contribution in [0.5, 0.6) is 0 Å². The van der Waals surface area contributed by atoms with Gasteiger partial charge < -0.3 is 5.32 Å². The molecule has 1 aromatic rings. The Labute approximate surface area is 143 Å². The zero-order valence-corrected chi connectivity index (χ0v) is 14.8. The van der Waals surface area contributed by atoms with E-state index in [2.05, 4.69) is 15.2 Å². The van der Waals surface area contributed by atoms with E-state index in [-0.39, 0.29) is 11.7 Å². The van der Waals surface area contributed by atoms with Crippen LogP contribution in [0.25, 0.3) is 0 Å². The molecule has 7 nitrogen and oxygen atoms in total. The Morgan fingerprint density at radius 2 is 1.88 bits per heavy atom. The van der Waals surface area contributed by atoms with E-state index in [0.717, 1.165) is 12.1 Å². The van der Waals surface area contributed by atoms with Crippen molar-refractivity contribution in [1.29, 1.82) is 0 Å². The average molecular weight is 352 g/mol. The van der Waals surface area contributed by atoms with E-state index in [4.69, 9.17) is 0 Å². The van der Waals surface area contributed by atoms with Gasteiger partial charge in [0.05, 0.1) is 5.75 Å². The second-order valence-corrected chi connectivity index (χ2v) is 8.62. The number of rotatable bonds is 4. The summed E-state index contributed by atoms with van der Waals surface area (Å²) in [5.41, 5.74) is 0.420. The topological polar surface area (TPSA) is 82.6 Å². The monoisotopic (exact) mass is 352 g/mol. The summed E-state index contributed by atoms with van der Waals surface area (Å²) in [6, 6.07) is 3.67. The Morgan fingerprint density at radius 1 is 1.21 bits per heavy atom. The minimum atomic E-state index is -3.31. The fourth-order valence-corrected chi connectivity index (χ4v) is 5.05. The second kappa shape index (κ2) is 6.78. The molecule has 0 saturated carbocycles. The Balaban J connectivity index is 1.62. The first kappa shape index (κ1) is 17.3. The van der Waals surface area contributed by atoms with Crippen molar-refractivity contribution in [2.24, 2.45) is 0 Å². The highest BCUT2D eigenvalue weighted by Crippen LogP contribution is 2.31. The number of nitrogens with zero attached hydrogens (tertiary/aromatic N) is 3. The maximum atomic E-state index is 12.6. The maximum absolute atomic E-state index is 12.6. The molecule has 1 spiro atoms. The van der Waals surface area contributed by atoms with Crippen molar-refractivity contribution >= 4 is 15.9 Å². The summed E-state index contributed by atoms with van der Waals surface area (Å²) in [6.45, 7) is 2.26. The number of hydrogen-bond donors (Lipinski definition) is 1. The van der Waals surface area contributed by atoms with Gasteiger partial charge in [-0.25, -0.2) is 12.7 Å². The average Bonchev–Trinajstić information content (AvgIpc) is 2.59.